The van der Waals surface area contributed by atoms with Gasteiger partial charge in [-0.2, -0.15) is 0 Å². The molecule has 5 aromatic carbocycles. The summed E-state index contributed by atoms with van der Waals surface area (Å²) in [6.07, 6.45) is 8.03. The summed E-state index contributed by atoms with van der Waals surface area (Å²) < 4.78 is 2.48. The van der Waals surface area contributed by atoms with E-state index in [4.69, 9.17) is 9.98 Å². The second kappa shape index (κ2) is 9.63. The van der Waals surface area contributed by atoms with Gasteiger partial charge in [0, 0.05) is 40.0 Å². The molecule has 2 atom stereocenters. The molecule has 0 spiro atoms. The van der Waals surface area contributed by atoms with Gasteiger partial charge in [0.25, 0.3) is 0 Å². The molecule has 0 N–H and O–H groups in total. The average molecular weight is 605 g/mol. The normalized spacial score (nSPS) is 18.4. The highest BCUT2D eigenvalue weighted by atomic mass is 15.3. The SMILES string of the molecule is CC1(C)c2ccccc2-c2ccc3c4ccccc4n(-c4ccc(-c5ccc(N6c7cccnc7[C@@H]7C=CC=NC76)cc5)cc4)c3c21. The Hall–Kier alpha value is -5.74. The van der Waals surface area contributed by atoms with Crippen molar-refractivity contribution in [1.29, 1.82) is 0 Å². The monoisotopic (exact) mass is 604 g/mol. The van der Waals surface area contributed by atoms with Crippen LogP contribution in [0.2, 0.25) is 0 Å². The molecule has 0 amide bonds. The number of hydrogen-bond donors (Lipinski definition) is 0. The van der Waals surface area contributed by atoms with E-state index in [-0.39, 0.29) is 17.5 Å². The number of rotatable bonds is 3. The van der Waals surface area contributed by atoms with Gasteiger partial charge in [0.15, 0.2) is 0 Å². The summed E-state index contributed by atoms with van der Waals surface area (Å²) in [4.78, 5) is 11.9. The number of hydrogen-bond acceptors (Lipinski definition) is 3. The highest BCUT2D eigenvalue weighted by Gasteiger charge is 2.40. The second-order valence-electron chi connectivity index (χ2n) is 13.4. The first kappa shape index (κ1) is 26.5. The molecule has 0 saturated carbocycles. The van der Waals surface area contributed by atoms with Gasteiger partial charge in [-0.3, -0.25) is 9.98 Å². The third-order valence-corrected chi connectivity index (χ3v) is 10.6. The molecule has 224 valence electrons. The zero-order valence-electron chi connectivity index (χ0n) is 26.3. The van der Waals surface area contributed by atoms with E-state index in [0.717, 1.165) is 17.1 Å². The molecule has 0 radical (unpaired) electrons. The van der Waals surface area contributed by atoms with Crippen molar-refractivity contribution >= 4 is 39.4 Å². The van der Waals surface area contributed by atoms with Gasteiger partial charge in [0.2, 0.25) is 0 Å². The van der Waals surface area contributed by atoms with Gasteiger partial charge >= 0.3 is 0 Å². The second-order valence-corrected chi connectivity index (χ2v) is 13.4. The molecule has 4 heteroatoms. The van der Waals surface area contributed by atoms with Crippen LogP contribution in [0.4, 0.5) is 11.4 Å². The van der Waals surface area contributed by atoms with Crippen LogP contribution in [0.25, 0.3) is 49.7 Å². The van der Waals surface area contributed by atoms with E-state index in [1.807, 2.05) is 24.6 Å². The van der Waals surface area contributed by atoms with Gasteiger partial charge in [-0.1, -0.05) is 98.8 Å². The van der Waals surface area contributed by atoms with Crippen LogP contribution in [0, 0.1) is 0 Å². The first-order chi connectivity index (χ1) is 23.1. The Morgan fingerprint density at radius 1 is 0.660 bits per heavy atom. The predicted octanol–water partition coefficient (Wildman–Crippen LogP) is 10.4. The Balaban J connectivity index is 1.06. The van der Waals surface area contributed by atoms with Crippen LogP contribution in [0.3, 0.4) is 0 Å². The summed E-state index contributed by atoms with van der Waals surface area (Å²) >= 11 is 0. The third kappa shape index (κ3) is 3.64. The van der Waals surface area contributed by atoms with E-state index < -0.39 is 0 Å². The van der Waals surface area contributed by atoms with Gasteiger partial charge in [-0.05, 0) is 81.9 Å². The molecule has 2 aliphatic heterocycles. The Morgan fingerprint density at radius 2 is 1.40 bits per heavy atom. The van der Waals surface area contributed by atoms with Crippen molar-refractivity contribution in [2.24, 2.45) is 4.99 Å². The minimum absolute atomic E-state index is 0.000434. The van der Waals surface area contributed by atoms with Crippen molar-refractivity contribution in [2.45, 2.75) is 31.3 Å². The first-order valence-electron chi connectivity index (χ1n) is 16.4. The molecule has 7 aromatic rings. The minimum Gasteiger partial charge on any atom is -0.316 e. The number of anilines is 2. The fraction of sp³-hybridized carbons (Fsp3) is 0.116. The van der Waals surface area contributed by atoms with E-state index >= 15 is 0 Å². The largest absolute Gasteiger partial charge is 0.316 e. The number of para-hydroxylation sites is 1. The van der Waals surface area contributed by atoms with Crippen LogP contribution in [-0.2, 0) is 5.41 Å². The zero-order chi connectivity index (χ0) is 31.3. The highest BCUT2D eigenvalue weighted by Crippen LogP contribution is 2.53. The Morgan fingerprint density at radius 3 is 2.23 bits per heavy atom. The van der Waals surface area contributed by atoms with Crippen molar-refractivity contribution in [3.8, 4) is 27.9 Å². The summed E-state index contributed by atoms with van der Waals surface area (Å²) in [6.45, 7) is 4.75. The van der Waals surface area contributed by atoms with Crippen LogP contribution in [0.5, 0.6) is 0 Å². The lowest BCUT2D eigenvalue weighted by molar-refractivity contribution is 0.651. The van der Waals surface area contributed by atoms with Gasteiger partial charge < -0.3 is 9.47 Å². The number of nitrogens with zero attached hydrogens (tertiary/aromatic N) is 4. The van der Waals surface area contributed by atoms with Crippen LogP contribution in [-0.4, -0.2) is 21.9 Å². The molecule has 47 heavy (non-hydrogen) atoms. The van der Waals surface area contributed by atoms with Gasteiger partial charge in [0.05, 0.1) is 28.3 Å². The Labute approximate surface area is 274 Å². The van der Waals surface area contributed by atoms with Gasteiger partial charge in [0.1, 0.15) is 6.17 Å². The number of fused-ring (bicyclic) bond motifs is 10. The molecule has 1 unspecified atom stereocenters. The number of aliphatic imine (C=N–C) groups is 1. The maximum Gasteiger partial charge on any atom is 0.137 e. The van der Waals surface area contributed by atoms with Crippen molar-refractivity contribution in [3.05, 3.63) is 156 Å². The average Bonchev–Trinajstić information content (AvgIpc) is 3.72. The van der Waals surface area contributed by atoms with E-state index in [9.17, 15) is 0 Å². The van der Waals surface area contributed by atoms with Gasteiger partial charge in [-0.25, -0.2) is 0 Å². The first-order valence-corrected chi connectivity index (χ1v) is 16.4. The molecule has 0 bridgehead atoms. The summed E-state index contributed by atoms with van der Waals surface area (Å²) in [5.74, 6) is 0.172. The predicted molar refractivity (Wildman–Crippen MR) is 194 cm³/mol. The number of pyridine rings is 1. The molecule has 4 heterocycles. The Kier molecular flexibility index (Phi) is 5.43. The number of aromatic nitrogens is 2. The van der Waals surface area contributed by atoms with Crippen molar-refractivity contribution in [2.75, 3.05) is 4.90 Å². The fourth-order valence-electron chi connectivity index (χ4n) is 8.46. The van der Waals surface area contributed by atoms with Crippen molar-refractivity contribution in [3.63, 3.8) is 0 Å². The van der Waals surface area contributed by atoms with Crippen molar-refractivity contribution < 1.29 is 0 Å². The molecule has 4 nitrogen and oxygen atoms in total. The molecule has 0 fully saturated rings. The number of allylic oxidation sites excluding steroid dienone is 1. The molecule has 1 aliphatic carbocycles. The van der Waals surface area contributed by atoms with E-state index in [0.29, 0.717) is 0 Å². The molecule has 10 rings (SSSR count). The lowest BCUT2D eigenvalue weighted by Gasteiger charge is -2.27. The molecule has 3 aliphatic rings. The molecule has 2 aromatic heterocycles. The topological polar surface area (TPSA) is 33.4 Å². The van der Waals surface area contributed by atoms with Crippen LogP contribution < -0.4 is 4.90 Å². The standard InChI is InChI=1S/C43H32N4/c1-43(2)36-12-5-3-9-31(36)33-23-24-34-32-10-4-6-13-37(32)46(41(34)39(33)43)29-19-15-27(16-20-29)28-17-21-30(22-18-28)47-38-14-8-25-44-40(38)35-11-7-26-45-42(35)47/h3-26,35,42H,1-2H3/t35-,42?/m0/s1. The van der Waals surface area contributed by atoms with Crippen LogP contribution in [0.15, 0.2) is 145 Å². The highest BCUT2D eigenvalue weighted by molar-refractivity contribution is 6.13. The summed E-state index contributed by atoms with van der Waals surface area (Å²) in [5, 5.41) is 2.59. The quantitative estimate of drug-likeness (QED) is 0.201. The van der Waals surface area contributed by atoms with E-state index in [1.165, 1.54) is 60.9 Å². The number of dihydropyridines is 1. The van der Waals surface area contributed by atoms with Crippen molar-refractivity contribution in [1.82, 2.24) is 9.55 Å². The van der Waals surface area contributed by atoms with Crippen LogP contribution >= 0.6 is 0 Å². The maximum atomic E-state index is 4.84. The van der Waals surface area contributed by atoms with E-state index in [2.05, 4.69) is 145 Å². The maximum absolute atomic E-state index is 4.84. The van der Waals surface area contributed by atoms with Gasteiger partial charge in [-0.15, -0.1) is 0 Å². The summed E-state index contributed by atoms with van der Waals surface area (Å²) in [6, 6.07) is 44.5. The lowest BCUT2D eigenvalue weighted by atomic mass is 9.81. The molecular weight excluding hydrogens is 573 g/mol. The summed E-state index contributed by atoms with van der Waals surface area (Å²) in [7, 11) is 0. The summed E-state index contributed by atoms with van der Waals surface area (Å²) in [5.41, 5.74) is 14.8. The number of benzene rings is 5. The molecular formula is C43H32N4. The smallest absolute Gasteiger partial charge is 0.137 e. The van der Waals surface area contributed by atoms with Crippen LogP contribution in [0.1, 0.15) is 36.6 Å². The fourth-order valence-corrected chi connectivity index (χ4v) is 8.46. The van der Waals surface area contributed by atoms with E-state index in [1.54, 1.807) is 0 Å². The minimum atomic E-state index is -0.107. The molecule has 0 saturated heterocycles. The third-order valence-electron chi connectivity index (χ3n) is 10.6. The Bertz CT molecular complexity index is 2440. The zero-order valence-corrected chi connectivity index (χ0v) is 26.3. The lowest BCUT2D eigenvalue weighted by Crippen LogP contribution is -2.28.